The number of nitrogens with one attached hydrogen (secondary N) is 1. The average Bonchev–Trinajstić information content (AvgIpc) is 2.69. The maximum Gasteiger partial charge on any atom is 0.416 e. The summed E-state index contributed by atoms with van der Waals surface area (Å²) in [6.07, 6.45) is -4.31. The molecule has 2 aliphatic heterocycles. The van der Waals surface area contributed by atoms with Crippen LogP contribution in [0.5, 0.6) is 0 Å². The van der Waals surface area contributed by atoms with Crippen LogP contribution >= 0.6 is 0 Å². The molecule has 0 saturated carbocycles. The highest BCUT2D eigenvalue weighted by molar-refractivity contribution is 5.42. The molecular weight excluding hydrogens is 243 g/mol. The van der Waals surface area contributed by atoms with Crippen molar-refractivity contribution in [2.45, 2.75) is 31.2 Å². The Kier molecular flexibility index (Phi) is 2.47. The lowest BCUT2D eigenvalue weighted by atomic mass is 9.80. The third-order valence-electron chi connectivity index (χ3n) is 4.00. The average molecular weight is 257 g/mol. The summed E-state index contributed by atoms with van der Waals surface area (Å²) < 4.78 is 44.5. The molecule has 1 aromatic carbocycles. The molecular formula is C13H14F3NO. The molecule has 0 unspecified atom stereocenters. The number of ether oxygens (including phenoxy) is 1. The van der Waals surface area contributed by atoms with Crippen LogP contribution in [0.15, 0.2) is 18.2 Å². The van der Waals surface area contributed by atoms with E-state index in [1.807, 2.05) is 6.92 Å². The first-order chi connectivity index (χ1) is 8.42. The molecule has 3 rings (SSSR count). The molecule has 1 aromatic rings. The van der Waals surface area contributed by atoms with Gasteiger partial charge in [0.1, 0.15) is 0 Å². The Hall–Kier alpha value is -1.07. The molecule has 0 radical (unpaired) electrons. The second-order valence-corrected chi connectivity index (χ2v) is 5.16. The van der Waals surface area contributed by atoms with E-state index in [2.05, 4.69) is 5.32 Å². The highest BCUT2D eigenvalue weighted by atomic mass is 19.4. The van der Waals surface area contributed by atoms with Gasteiger partial charge in [-0.3, -0.25) is 0 Å². The van der Waals surface area contributed by atoms with Crippen LogP contribution in [0.25, 0.3) is 0 Å². The fraction of sp³-hybridized carbons (Fsp3) is 0.538. The van der Waals surface area contributed by atoms with Crippen molar-refractivity contribution < 1.29 is 17.9 Å². The molecule has 2 aliphatic rings. The molecule has 1 fully saturated rings. The smallest absolute Gasteiger partial charge is 0.369 e. The lowest BCUT2D eigenvalue weighted by Gasteiger charge is -2.38. The first-order valence-corrected chi connectivity index (χ1v) is 5.95. The summed E-state index contributed by atoms with van der Waals surface area (Å²) in [5, 5.41) is 3.20. The Labute approximate surface area is 103 Å². The number of halogens is 3. The lowest BCUT2D eigenvalue weighted by Crippen LogP contribution is -2.40. The van der Waals surface area contributed by atoms with Crippen molar-refractivity contribution in [2.24, 2.45) is 0 Å². The molecule has 18 heavy (non-hydrogen) atoms. The predicted octanol–water partition coefficient (Wildman–Crippen LogP) is 2.68. The standard InChI is InChI=1S/C13H14F3NO/c1-12-7-17-5-11(12)8-3-2-4-10(13(14,15)16)9(8)6-18-12/h2-4,11,17H,5-7H2,1H3/t11-,12+/m0/s1. The largest absolute Gasteiger partial charge is 0.416 e. The molecule has 1 N–H and O–H groups in total. The van der Waals surface area contributed by atoms with E-state index >= 15 is 0 Å². The molecule has 0 aliphatic carbocycles. The summed E-state index contributed by atoms with van der Waals surface area (Å²) in [6, 6.07) is 4.42. The van der Waals surface area contributed by atoms with Crippen molar-refractivity contribution >= 4 is 0 Å². The van der Waals surface area contributed by atoms with Crippen molar-refractivity contribution in [2.75, 3.05) is 13.1 Å². The van der Waals surface area contributed by atoms with Gasteiger partial charge in [0.2, 0.25) is 0 Å². The van der Waals surface area contributed by atoms with Gasteiger partial charge in [-0.25, -0.2) is 0 Å². The number of benzene rings is 1. The van der Waals surface area contributed by atoms with Crippen molar-refractivity contribution in [1.29, 1.82) is 0 Å². The highest BCUT2D eigenvalue weighted by Gasteiger charge is 2.46. The summed E-state index contributed by atoms with van der Waals surface area (Å²) in [5.74, 6) is 0.00329. The SMILES string of the molecule is C[C@@]12CNC[C@H]1c1cccc(C(F)(F)F)c1CO2. The van der Waals surface area contributed by atoms with E-state index in [1.54, 1.807) is 6.07 Å². The number of alkyl halides is 3. The van der Waals surface area contributed by atoms with Gasteiger partial charge in [-0.2, -0.15) is 13.2 Å². The van der Waals surface area contributed by atoms with Gasteiger partial charge >= 0.3 is 6.18 Å². The minimum atomic E-state index is -4.31. The van der Waals surface area contributed by atoms with E-state index in [0.717, 1.165) is 11.6 Å². The number of fused-ring (bicyclic) bond motifs is 3. The molecule has 98 valence electrons. The molecule has 2 heterocycles. The van der Waals surface area contributed by atoms with E-state index in [4.69, 9.17) is 4.74 Å². The second kappa shape index (κ2) is 3.71. The van der Waals surface area contributed by atoms with E-state index < -0.39 is 11.7 Å². The Morgan fingerprint density at radius 2 is 2.17 bits per heavy atom. The van der Waals surface area contributed by atoms with Gasteiger partial charge < -0.3 is 10.1 Å². The van der Waals surface area contributed by atoms with Crippen molar-refractivity contribution in [1.82, 2.24) is 5.32 Å². The Balaban J connectivity index is 2.12. The topological polar surface area (TPSA) is 21.3 Å². The molecule has 5 heteroatoms. The van der Waals surface area contributed by atoms with Gasteiger partial charge in [0.25, 0.3) is 0 Å². The van der Waals surface area contributed by atoms with Gasteiger partial charge in [-0.05, 0) is 24.1 Å². The van der Waals surface area contributed by atoms with Crippen molar-refractivity contribution in [3.8, 4) is 0 Å². The van der Waals surface area contributed by atoms with Gasteiger partial charge in [0.15, 0.2) is 0 Å². The van der Waals surface area contributed by atoms with E-state index in [9.17, 15) is 13.2 Å². The van der Waals surface area contributed by atoms with E-state index in [1.165, 1.54) is 6.07 Å². The molecule has 2 atom stereocenters. The van der Waals surface area contributed by atoms with Crippen LogP contribution in [0.3, 0.4) is 0 Å². The van der Waals surface area contributed by atoms with Crippen molar-refractivity contribution in [3.63, 3.8) is 0 Å². The number of hydrogen-bond donors (Lipinski definition) is 1. The summed E-state index contributed by atoms with van der Waals surface area (Å²) >= 11 is 0. The van der Waals surface area contributed by atoms with Gasteiger partial charge in [-0.1, -0.05) is 12.1 Å². The van der Waals surface area contributed by atoms with Crippen molar-refractivity contribution in [3.05, 3.63) is 34.9 Å². The molecule has 2 nitrogen and oxygen atoms in total. The van der Waals surface area contributed by atoms with Crippen LogP contribution in [-0.2, 0) is 17.5 Å². The zero-order valence-corrected chi connectivity index (χ0v) is 9.97. The molecule has 1 saturated heterocycles. The third kappa shape index (κ3) is 1.65. The normalized spacial score (nSPS) is 31.0. The van der Waals surface area contributed by atoms with Gasteiger partial charge in [0, 0.05) is 19.0 Å². The molecule has 0 amide bonds. The molecule has 0 bridgehead atoms. The molecule has 0 aromatic heterocycles. The van der Waals surface area contributed by atoms with E-state index in [-0.39, 0.29) is 18.1 Å². The van der Waals surface area contributed by atoms with Crippen LogP contribution in [0.4, 0.5) is 13.2 Å². The van der Waals surface area contributed by atoms with Crippen LogP contribution in [0.2, 0.25) is 0 Å². The Morgan fingerprint density at radius 3 is 2.89 bits per heavy atom. The van der Waals surface area contributed by atoms with Crippen LogP contribution < -0.4 is 5.32 Å². The Bertz CT molecular complexity index is 486. The van der Waals surface area contributed by atoms with Gasteiger partial charge in [-0.15, -0.1) is 0 Å². The highest BCUT2D eigenvalue weighted by Crippen LogP contribution is 2.44. The Morgan fingerprint density at radius 1 is 1.39 bits per heavy atom. The minimum Gasteiger partial charge on any atom is -0.369 e. The second-order valence-electron chi connectivity index (χ2n) is 5.16. The first kappa shape index (κ1) is 12.0. The van der Waals surface area contributed by atoms with Gasteiger partial charge in [0.05, 0.1) is 17.8 Å². The van der Waals surface area contributed by atoms with Crippen LogP contribution in [0, 0.1) is 0 Å². The predicted molar refractivity (Wildman–Crippen MR) is 60.2 cm³/mol. The minimum absolute atomic E-state index is 0.00329. The van der Waals surface area contributed by atoms with Crippen LogP contribution in [0.1, 0.15) is 29.5 Å². The lowest BCUT2D eigenvalue weighted by molar-refractivity contribution is -0.140. The summed E-state index contributed by atoms with van der Waals surface area (Å²) in [5.41, 5.74) is 0.144. The zero-order chi connectivity index (χ0) is 13.0. The zero-order valence-electron chi connectivity index (χ0n) is 9.97. The third-order valence-corrected chi connectivity index (χ3v) is 4.00. The summed E-state index contributed by atoms with van der Waals surface area (Å²) in [6.45, 7) is 3.36. The monoisotopic (exact) mass is 257 g/mol. The quantitative estimate of drug-likeness (QED) is 0.771. The fourth-order valence-electron chi connectivity index (χ4n) is 2.99. The summed E-state index contributed by atoms with van der Waals surface area (Å²) in [4.78, 5) is 0. The summed E-state index contributed by atoms with van der Waals surface area (Å²) in [7, 11) is 0. The fourth-order valence-corrected chi connectivity index (χ4v) is 2.99. The number of rotatable bonds is 0. The maximum atomic E-state index is 12.9. The van der Waals surface area contributed by atoms with Crippen LogP contribution in [-0.4, -0.2) is 18.7 Å². The molecule has 0 spiro atoms. The first-order valence-electron chi connectivity index (χ1n) is 5.95. The van der Waals surface area contributed by atoms with E-state index in [0.29, 0.717) is 18.7 Å². The maximum absolute atomic E-state index is 12.9. The number of hydrogen-bond acceptors (Lipinski definition) is 2.